The van der Waals surface area contributed by atoms with Gasteiger partial charge in [-0.05, 0) is 67.7 Å². The van der Waals surface area contributed by atoms with Crippen LogP contribution in [0, 0.1) is 11.7 Å². The van der Waals surface area contributed by atoms with Gasteiger partial charge in [-0.15, -0.1) is 0 Å². The van der Waals surface area contributed by atoms with Crippen LogP contribution >= 0.6 is 11.6 Å². The normalized spacial score (nSPS) is 12.3. The first-order chi connectivity index (χ1) is 9.67. The third kappa shape index (κ3) is 4.62. The SMILES string of the molecule is CNCC(Cc1ccc(F)cc1)Cc1ccc(Cl)cc1. The van der Waals surface area contributed by atoms with E-state index >= 15 is 0 Å². The Balaban J connectivity index is 2.02. The summed E-state index contributed by atoms with van der Waals surface area (Å²) in [6, 6.07) is 14.7. The van der Waals surface area contributed by atoms with Gasteiger partial charge in [0.05, 0.1) is 0 Å². The van der Waals surface area contributed by atoms with Gasteiger partial charge in [0.25, 0.3) is 0 Å². The zero-order chi connectivity index (χ0) is 14.4. The second-order valence-electron chi connectivity index (χ2n) is 5.08. The molecule has 1 atom stereocenters. The van der Waals surface area contributed by atoms with Crippen LogP contribution in [0.2, 0.25) is 5.02 Å². The highest BCUT2D eigenvalue weighted by atomic mass is 35.5. The van der Waals surface area contributed by atoms with Crippen molar-refractivity contribution in [3.63, 3.8) is 0 Å². The molecule has 0 aromatic heterocycles. The van der Waals surface area contributed by atoms with E-state index in [4.69, 9.17) is 11.6 Å². The van der Waals surface area contributed by atoms with Crippen LogP contribution in [0.15, 0.2) is 48.5 Å². The van der Waals surface area contributed by atoms with E-state index in [-0.39, 0.29) is 5.82 Å². The first kappa shape index (κ1) is 15.0. The van der Waals surface area contributed by atoms with Crippen molar-refractivity contribution in [1.82, 2.24) is 5.32 Å². The van der Waals surface area contributed by atoms with Crippen LogP contribution in [-0.4, -0.2) is 13.6 Å². The second-order valence-corrected chi connectivity index (χ2v) is 5.52. The van der Waals surface area contributed by atoms with Gasteiger partial charge in [0.15, 0.2) is 0 Å². The molecule has 0 radical (unpaired) electrons. The molecule has 1 unspecified atom stereocenters. The van der Waals surface area contributed by atoms with Crippen LogP contribution in [0.3, 0.4) is 0 Å². The van der Waals surface area contributed by atoms with Gasteiger partial charge in [-0.25, -0.2) is 4.39 Å². The summed E-state index contributed by atoms with van der Waals surface area (Å²) < 4.78 is 12.9. The van der Waals surface area contributed by atoms with Crippen molar-refractivity contribution >= 4 is 11.6 Å². The molecule has 106 valence electrons. The molecular weight excluding hydrogens is 273 g/mol. The molecule has 0 spiro atoms. The quantitative estimate of drug-likeness (QED) is 0.845. The van der Waals surface area contributed by atoms with E-state index in [0.717, 1.165) is 24.4 Å². The summed E-state index contributed by atoms with van der Waals surface area (Å²) in [6.07, 6.45) is 1.92. The molecule has 20 heavy (non-hydrogen) atoms. The van der Waals surface area contributed by atoms with Crippen LogP contribution in [0.25, 0.3) is 0 Å². The van der Waals surface area contributed by atoms with Crippen LogP contribution in [0.4, 0.5) is 4.39 Å². The fourth-order valence-electron chi connectivity index (χ4n) is 2.41. The summed E-state index contributed by atoms with van der Waals surface area (Å²) in [7, 11) is 1.96. The molecule has 0 bridgehead atoms. The maximum Gasteiger partial charge on any atom is 0.123 e. The average Bonchev–Trinajstić information content (AvgIpc) is 2.44. The maximum absolute atomic E-state index is 12.9. The summed E-state index contributed by atoms with van der Waals surface area (Å²) in [4.78, 5) is 0. The molecule has 0 saturated carbocycles. The molecule has 0 aliphatic heterocycles. The van der Waals surface area contributed by atoms with Crippen LogP contribution in [0.1, 0.15) is 11.1 Å². The molecule has 0 amide bonds. The predicted molar refractivity (Wildman–Crippen MR) is 82.7 cm³/mol. The van der Waals surface area contributed by atoms with E-state index < -0.39 is 0 Å². The lowest BCUT2D eigenvalue weighted by molar-refractivity contribution is 0.493. The molecule has 0 aliphatic rings. The molecule has 0 fully saturated rings. The Bertz CT molecular complexity index is 474. The molecule has 0 saturated heterocycles. The second kappa shape index (κ2) is 7.41. The number of nitrogens with one attached hydrogen (secondary N) is 1. The third-order valence-corrected chi connectivity index (χ3v) is 3.62. The van der Waals surface area contributed by atoms with Gasteiger partial charge in [0, 0.05) is 5.02 Å². The minimum Gasteiger partial charge on any atom is -0.319 e. The Kier molecular flexibility index (Phi) is 5.57. The van der Waals surface area contributed by atoms with Crippen molar-refractivity contribution in [2.45, 2.75) is 12.8 Å². The highest BCUT2D eigenvalue weighted by Gasteiger charge is 2.10. The number of hydrogen-bond donors (Lipinski definition) is 1. The molecule has 0 heterocycles. The summed E-state index contributed by atoms with van der Waals surface area (Å²) >= 11 is 5.91. The number of hydrogen-bond acceptors (Lipinski definition) is 1. The molecule has 0 aliphatic carbocycles. The van der Waals surface area contributed by atoms with E-state index in [1.807, 2.05) is 31.3 Å². The first-order valence-corrected chi connectivity index (χ1v) is 7.18. The van der Waals surface area contributed by atoms with Crippen molar-refractivity contribution < 1.29 is 4.39 Å². The first-order valence-electron chi connectivity index (χ1n) is 6.81. The van der Waals surface area contributed by atoms with Gasteiger partial charge < -0.3 is 5.32 Å². The number of benzene rings is 2. The summed E-state index contributed by atoms with van der Waals surface area (Å²) in [6.45, 7) is 0.931. The average molecular weight is 292 g/mol. The fraction of sp³-hybridized carbons (Fsp3) is 0.294. The minimum atomic E-state index is -0.184. The lowest BCUT2D eigenvalue weighted by Gasteiger charge is -2.17. The maximum atomic E-state index is 12.9. The molecule has 3 heteroatoms. The third-order valence-electron chi connectivity index (χ3n) is 3.37. The lowest BCUT2D eigenvalue weighted by atomic mass is 9.92. The zero-order valence-corrected chi connectivity index (χ0v) is 12.3. The summed E-state index contributed by atoms with van der Waals surface area (Å²) in [5, 5.41) is 3.99. The van der Waals surface area contributed by atoms with Gasteiger partial charge in [0.1, 0.15) is 5.82 Å². The molecule has 1 N–H and O–H groups in total. The Morgan fingerprint density at radius 1 is 0.950 bits per heavy atom. The zero-order valence-electron chi connectivity index (χ0n) is 11.6. The van der Waals surface area contributed by atoms with Gasteiger partial charge in [-0.3, -0.25) is 0 Å². The minimum absolute atomic E-state index is 0.184. The standard InChI is InChI=1S/C17H19ClFN/c1-20-12-15(10-13-2-6-16(18)7-3-13)11-14-4-8-17(19)9-5-14/h2-9,15,20H,10-12H2,1H3. The van der Waals surface area contributed by atoms with Crippen molar-refractivity contribution in [3.8, 4) is 0 Å². The molecule has 1 nitrogen and oxygen atoms in total. The van der Waals surface area contributed by atoms with Crippen LogP contribution < -0.4 is 5.32 Å². The van der Waals surface area contributed by atoms with Gasteiger partial charge in [-0.2, -0.15) is 0 Å². The Morgan fingerprint density at radius 2 is 1.45 bits per heavy atom. The van der Waals surface area contributed by atoms with Gasteiger partial charge >= 0.3 is 0 Å². The molecular formula is C17H19ClFN. The number of halogens is 2. The van der Waals surface area contributed by atoms with Crippen LogP contribution in [0.5, 0.6) is 0 Å². The van der Waals surface area contributed by atoms with E-state index in [1.54, 1.807) is 0 Å². The largest absolute Gasteiger partial charge is 0.319 e. The Labute approximate surface area is 124 Å². The smallest absolute Gasteiger partial charge is 0.123 e. The van der Waals surface area contributed by atoms with E-state index in [2.05, 4.69) is 17.4 Å². The van der Waals surface area contributed by atoms with E-state index in [1.165, 1.54) is 23.3 Å². The monoisotopic (exact) mass is 291 g/mol. The highest BCUT2D eigenvalue weighted by molar-refractivity contribution is 6.30. The van der Waals surface area contributed by atoms with Gasteiger partial charge in [-0.1, -0.05) is 35.9 Å². The molecule has 2 rings (SSSR count). The van der Waals surface area contributed by atoms with Crippen molar-refractivity contribution in [3.05, 3.63) is 70.5 Å². The topological polar surface area (TPSA) is 12.0 Å². The predicted octanol–water partition coefficient (Wildman–Crippen LogP) is 4.10. The molecule has 2 aromatic rings. The summed E-state index contributed by atoms with van der Waals surface area (Å²) in [5.41, 5.74) is 2.44. The summed E-state index contributed by atoms with van der Waals surface area (Å²) in [5.74, 6) is 0.295. The Hall–Kier alpha value is -1.38. The fourth-order valence-corrected chi connectivity index (χ4v) is 2.54. The van der Waals surface area contributed by atoms with E-state index in [9.17, 15) is 4.39 Å². The van der Waals surface area contributed by atoms with Gasteiger partial charge in [0.2, 0.25) is 0 Å². The number of rotatable bonds is 6. The van der Waals surface area contributed by atoms with Crippen LogP contribution in [-0.2, 0) is 12.8 Å². The van der Waals surface area contributed by atoms with Crippen molar-refractivity contribution in [2.24, 2.45) is 5.92 Å². The van der Waals surface area contributed by atoms with Crippen molar-refractivity contribution in [1.29, 1.82) is 0 Å². The van der Waals surface area contributed by atoms with E-state index in [0.29, 0.717) is 5.92 Å². The molecule has 2 aromatic carbocycles. The Morgan fingerprint density at radius 3 is 1.95 bits per heavy atom. The van der Waals surface area contributed by atoms with Crippen molar-refractivity contribution in [2.75, 3.05) is 13.6 Å². The highest BCUT2D eigenvalue weighted by Crippen LogP contribution is 2.17. The lowest BCUT2D eigenvalue weighted by Crippen LogP contribution is -2.22.